The largest absolute Gasteiger partial charge is 0.491 e. The van der Waals surface area contributed by atoms with Crippen molar-refractivity contribution in [1.29, 1.82) is 0 Å². The molecule has 12 atom stereocenters. The number of nitrogens with one attached hydrogen (secondary N) is 6. The highest BCUT2D eigenvalue weighted by molar-refractivity contribution is 5.82. The van der Waals surface area contributed by atoms with E-state index in [1.165, 1.54) is 14.0 Å². The summed E-state index contributed by atoms with van der Waals surface area (Å²) in [6.45, 7) is 26.2. The summed E-state index contributed by atoms with van der Waals surface area (Å²) in [6, 6.07) is -4.98. The molecular weight excluding hydrogens is 1010 g/mol. The van der Waals surface area contributed by atoms with Gasteiger partial charge in [-0.3, -0.25) is 4.79 Å². The molecule has 25 heteroatoms. The van der Waals surface area contributed by atoms with Gasteiger partial charge in [-0.25, -0.2) is 24.0 Å². The number of rotatable bonds is 15. The summed E-state index contributed by atoms with van der Waals surface area (Å²) < 4.78 is 46.7. The molecule has 0 spiro atoms. The predicted molar refractivity (Wildman–Crippen MR) is 278 cm³/mol. The number of carbonyl (C=O) groups excluding carboxylic acids is 6. The molecule has 0 bridgehead atoms. The molecule has 77 heavy (non-hydrogen) atoms. The monoisotopic (exact) mass is 1100 g/mol. The highest BCUT2D eigenvalue weighted by Crippen LogP contribution is 2.39. The number of nitrogens with zero attached hydrogens (tertiary/aromatic N) is 1. The fraction of sp³-hybridized carbons (Fsp3) is 0.846. The van der Waals surface area contributed by atoms with E-state index in [1.54, 1.807) is 110 Å². The van der Waals surface area contributed by atoms with Gasteiger partial charge in [0.15, 0.2) is 6.29 Å². The molecule has 0 aromatic carbocycles. The maximum absolute atomic E-state index is 14.0. The Balaban J connectivity index is 1.75. The maximum atomic E-state index is 14.0. The topological polar surface area (TPSA) is 333 Å². The third kappa shape index (κ3) is 20.7. The van der Waals surface area contributed by atoms with Crippen molar-refractivity contribution in [2.24, 2.45) is 11.8 Å². The van der Waals surface area contributed by atoms with Gasteiger partial charge >= 0.3 is 30.5 Å². The van der Waals surface area contributed by atoms with E-state index < -0.39 is 150 Å². The number of amides is 6. The standard InChI is InChI=1S/C52H91N7O18/c1-47(2,3)73-42(64)54-25-33(60)40(63)56-32-22-31(58-45(67)76-50(10,11)12)34(35(61)38(32)72-41-36(62)39(52(16,69)26-70-41)59(17)46(68)77-51(13,14)15)37-30(57-44(66)75-49(7,8)9)19-18-29(71-37)24-53-23-27-20-28(21-27)55-43(65)74-48(4,5)6/h18,27-28,30-39,41,53,60-62,69H,19-26H2,1-17H3,(H,54,64)(H,55,65)(H,56,63)(H,57,66)(H,58,67)/t27-,28-,30-,31+,32-,33+,34-,35+,36-,37?,38+,39-,41-,52+/m1/s1. The first-order valence-electron chi connectivity index (χ1n) is 26.4. The predicted octanol–water partition coefficient (Wildman–Crippen LogP) is 3.18. The SMILES string of the molecule is CN(C(=O)OC(C)(C)C)[C@@H]1[C@@H](O)[C@@H](O[C@@H]2[C@@H](O)[C@H](C3OC(CNC[C@H]4C[C@H](NC(=O)OC(C)(C)C)C4)=CC[C@H]3NC(=O)OC(C)(C)C)[C@@H](NC(=O)OC(C)(C)C)C[C@H]2NC(=O)[C@@H](O)CNC(=O)OC(C)(C)C)OC[C@]1(C)O. The molecule has 2 aliphatic heterocycles. The molecule has 3 fully saturated rings. The lowest BCUT2D eigenvalue weighted by atomic mass is 9.72. The van der Waals surface area contributed by atoms with Crippen LogP contribution in [0.1, 0.15) is 136 Å². The van der Waals surface area contributed by atoms with Gasteiger partial charge < -0.3 is 95.1 Å². The minimum absolute atomic E-state index is 0.0564. The Kier molecular flexibility index (Phi) is 21.4. The molecule has 2 heterocycles. The highest BCUT2D eigenvalue weighted by Gasteiger charge is 2.57. The fourth-order valence-corrected chi connectivity index (χ4v) is 9.45. The molecule has 6 amide bonds. The summed E-state index contributed by atoms with van der Waals surface area (Å²) in [4.78, 5) is 80.6. The lowest BCUT2D eigenvalue weighted by Gasteiger charge is -2.52. The first-order chi connectivity index (χ1) is 35.1. The molecule has 25 nitrogen and oxygen atoms in total. The maximum Gasteiger partial charge on any atom is 0.410 e. The summed E-state index contributed by atoms with van der Waals surface area (Å²) in [5.74, 6) is -1.69. The number of hydrogen-bond acceptors (Lipinski definition) is 19. The number of aliphatic hydroxyl groups excluding tert-OH is 3. The van der Waals surface area contributed by atoms with Crippen LogP contribution >= 0.6 is 0 Å². The van der Waals surface area contributed by atoms with Crippen molar-refractivity contribution in [2.45, 2.75) is 237 Å². The second kappa shape index (κ2) is 25.5. The molecule has 1 saturated heterocycles. The van der Waals surface area contributed by atoms with Crippen LogP contribution in [0.4, 0.5) is 24.0 Å². The van der Waals surface area contributed by atoms with Gasteiger partial charge in [0.25, 0.3) is 5.91 Å². The van der Waals surface area contributed by atoms with Crippen LogP contribution in [0, 0.1) is 11.8 Å². The molecule has 4 aliphatic rings. The minimum Gasteiger partial charge on any atom is -0.491 e. The molecule has 0 aromatic heterocycles. The van der Waals surface area contributed by atoms with Gasteiger partial charge in [0.2, 0.25) is 0 Å². The van der Waals surface area contributed by atoms with E-state index in [2.05, 4.69) is 31.9 Å². The van der Waals surface area contributed by atoms with E-state index in [9.17, 15) is 49.2 Å². The number of likely N-dealkylation sites (N-methyl/N-ethyl adjacent to an activating group) is 1. The quantitative estimate of drug-likeness (QED) is 0.105. The number of aliphatic hydroxyl groups is 4. The van der Waals surface area contributed by atoms with Crippen molar-refractivity contribution in [1.82, 2.24) is 36.8 Å². The molecule has 442 valence electrons. The second-order valence-corrected chi connectivity index (χ2v) is 25.8. The van der Waals surface area contributed by atoms with Crippen LogP contribution in [0.25, 0.3) is 0 Å². The Bertz CT molecular complexity index is 2070. The average molecular weight is 1100 g/mol. The Morgan fingerprint density at radius 3 is 1.74 bits per heavy atom. The van der Waals surface area contributed by atoms with Gasteiger partial charge in [0, 0.05) is 25.0 Å². The fourth-order valence-electron chi connectivity index (χ4n) is 9.45. The number of carbonyl (C=O) groups is 6. The van der Waals surface area contributed by atoms with Gasteiger partial charge in [-0.15, -0.1) is 0 Å². The van der Waals surface area contributed by atoms with Gasteiger partial charge in [0.05, 0.1) is 43.9 Å². The number of hydrogen-bond donors (Lipinski definition) is 10. The van der Waals surface area contributed by atoms with E-state index in [0.717, 1.165) is 4.90 Å². The van der Waals surface area contributed by atoms with E-state index >= 15 is 0 Å². The van der Waals surface area contributed by atoms with Crippen LogP contribution < -0.4 is 31.9 Å². The van der Waals surface area contributed by atoms with E-state index in [1.807, 2.05) is 0 Å². The smallest absolute Gasteiger partial charge is 0.410 e. The summed E-state index contributed by atoms with van der Waals surface area (Å²) in [7, 11) is 1.32. The third-order valence-corrected chi connectivity index (χ3v) is 12.5. The van der Waals surface area contributed by atoms with Crippen molar-refractivity contribution in [3.8, 4) is 0 Å². The molecule has 0 aromatic rings. The lowest BCUT2D eigenvalue weighted by Crippen LogP contribution is -2.71. The second-order valence-electron chi connectivity index (χ2n) is 25.8. The lowest BCUT2D eigenvalue weighted by molar-refractivity contribution is -0.305. The van der Waals surface area contributed by atoms with Crippen molar-refractivity contribution < 1.29 is 87.1 Å². The molecule has 10 N–H and O–H groups in total. The van der Waals surface area contributed by atoms with Crippen molar-refractivity contribution in [2.75, 3.05) is 33.3 Å². The average Bonchev–Trinajstić information content (AvgIpc) is 3.21. The van der Waals surface area contributed by atoms with Gasteiger partial charge in [-0.05, 0) is 155 Å². The summed E-state index contributed by atoms with van der Waals surface area (Å²) in [5, 5.41) is 64.8. The molecular formula is C52H91N7O18. The van der Waals surface area contributed by atoms with Crippen molar-refractivity contribution in [3.63, 3.8) is 0 Å². The summed E-state index contributed by atoms with van der Waals surface area (Å²) in [5.41, 5.74) is -6.31. The minimum atomic E-state index is -1.90. The molecule has 0 radical (unpaired) electrons. The van der Waals surface area contributed by atoms with Crippen molar-refractivity contribution in [3.05, 3.63) is 11.8 Å². The molecule has 2 saturated carbocycles. The van der Waals surface area contributed by atoms with Crippen LogP contribution in [-0.2, 0) is 42.7 Å². The third-order valence-electron chi connectivity index (χ3n) is 12.5. The highest BCUT2D eigenvalue weighted by atomic mass is 16.7. The zero-order chi connectivity index (χ0) is 58.4. The van der Waals surface area contributed by atoms with Crippen LogP contribution in [0.5, 0.6) is 0 Å². The Morgan fingerprint density at radius 2 is 1.21 bits per heavy atom. The van der Waals surface area contributed by atoms with Crippen LogP contribution in [0.3, 0.4) is 0 Å². The van der Waals surface area contributed by atoms with Crippen LogP contribution in [0.2, 0.25) is 0 Å². The van der Waals surface area contributed by atoms with Crippen LogP contribution in [-0.4, -0.2) is 196 Å². The Morgan fingerprint density at radius 1 is 0.701 bits per heavy atom. The van der Waals surface area contributed by atoms with E-state index in [0.29, 0.717) is 25.1 Å². The van der Waals surface area contributed by atoms with E-state index in [-0.39, 0.29) is 31.3 Å². The first kappa shape index (κ1) is 64.6. The van der Waals surface area contributed by atoms with Gasteiger partial charge in [0.1, 0.15) is 63.8 Å². The number of alkyl carbamates (subject to hydrolysis) is 4. The molecule has 2 aliphatic carbocycles. The number of ether oxygens (including phenoxy) is 8. The molecule has 4 rings (SSSR count). The molecule has 1 unspecified atom stereocenters. The van der Waals surface area contributed by atoms with Gasteiger partial charge in [-0.2, -0.15) is 0 Å². The normalized spacial score (nSPS) is 30.3. The van der Waals surface area contributed by atoms with E-state index in [4.69, 9.17) is 37.9 Å². The van der Waals surface area contributed by atoms with Gasteiger partial charge in [-0.1, -0.05) is 0 Å². The van der Waals surface area contributed by atoms with Crippen molar-refractivity contribution >= 4 is 36.4 Å². The first-order valence-corrected chi connectivity index (χ1v) is 26.4. The zero-order valence-corrected chi connectivity index (χ0v) is 48.2. The summed E-state index contributed by atoms with van der Waals surface area (Å²) in [6.07, 6.45) is -11.1. The van der Waals surface area contributed by atoms with Crippen LogP contribution in [0.15, 0.2) is 11.8 Å². The Labute approximate surface area is 453 Å². The summed E-state index contributed by atoms with van der Waals surface area (Å²) >= 11 is 0. The zero-order valence-electron chi connectivity index (χ0n) is 48.2. The Hall–Kier alpha value is -4.92.